The molecule has 5 nitrogen and oxygen atoms in total. The van der Waals surface area contributed by atoms with Gasteiger partial charge in [0.2, 0.25) is 0 Å². The third-order valence-electron chi connectivity index (χ3n) is 3.26. The van der Waals surface area contributed by atoms with Gasteiger partial charge in [-0.05, 0) is 32.9 Å². The van der Waals surface area contributed by atoms with Gasteiger partial charge in [-0.15, -0.1) is 0 Å². The summed E-state index contributed by atoms with van der Waals surface area (Å²) in [5.74, 6) is 0. The molecule has 2 rings (SSSR count). The number of ether oxygens (including phenoxy) is 1. The second-order valence-corrected chi connectivity index (χ2v) is 6.11. The maximum atomic E-state index is 12.5. The van der Waals surface area contributed by atoms with Gasteiger partial charge < -0.3 is 15.4 Å². The molecule has 110 valence electrons. The number of nitrogens with zero attached hydrogens (tertiary/aromatic N) is 2. The van der Waals surface area contributed by atoms with E-state index in [1.165, 1.54) is 0 Å². The van der Waals surface area contributed by atoms with E-state index in [1.54, 1.807) is 4.90 Å². The number of fused-ring (bicyclic) bond motifs is 1. The van der Waals surface area contributed by atoms with Crippen LogP contribution in [0.4, 0.5) is 16.2 Å². The number of benzene rings is 1. The predicted molar refractivity (Wildman–Crippen MR) is 81.3 cm³/mol. The number of hydrogen-bond acceptors (Lipinski definition) is 4. The number of carbonyl (C=O) groups is 1. The molecule has 1 unspecified atom stereocenters. The van der Waals surface area contributed by atoms with Crippen molar-refractivity contribution < 1.29 is 9.53 Å². The van der Waals surface area contributed by atoms with Gasteiger partial charge in [-0.2, -0.15) is 0 Å². The number of amides is 1. The molecule has 5 heteroatoms. The number of para-hydroxylation sites is 2. The van der Waals surface area contributed by atoms with Crippen LogP contribution in [0.3, 0.4) is 0 Å². The average Bonchev–Trinajstić information content (AvgIpc) is 2.36. The molecular formula is C15H23N3O2. The summed E-state index contributed by atoms with van der Waals surface area (Å²) in [4.78, 5) is 16.3. The first kappa shape index (κ1) is 14.7. The first-order valence-electron chi connectivity index (χ1n) is 6.86. The van der Waals surface area contributed by atoms with Crippen LogP contribution in [0.1, 0.15) is 20.8 Å². The molecule has 1 aliphatic heterocycles. The van der Waals surface area contributed by atoms with E-state index in [9.17, 15) is 4.79 Å². The lowest BCUT2D eigenvalue weighted by Gasteiger charge is -2.41. The smallest absolute Gasteiger partial charge is 0.415 e. The van der Waals surface area contributed by atoms with Gasteiger partial charge in [0, 0.05) is 20.1 Å². The maximum Gasteiger partial charge on any atom is 0.415 e. The Hall–Kier alpha value is -1.75. The Morgan fingerprint density at radius 3 is 2.50 bits per heavy atom. The molecule has 1 heterocycles. The Morgan fingerprint density at radius 2 is 1.95 bits per heavy atom. The lowest BCUT2D eigenvalue weighted by atomic mass is 10.1. The van der Waals surface area contributed by atoms with Gasteiger partial charge in [0.25, 0.3) is 0 Å². The van der Waals surface area contributed by atoms with Crippen LogP contribution in [0.5, 0.6) is 0 Å². The largest absolute Gasteiger partial charge is 0.443 e. The van der Waals surface area contributed by atoms with Crippen molar-refractivity contribution in [3.8, 4) is 0 Å². The summed E-state index contributed by atoms with van der Waals surface area (Å²) in [6, 6.07) is 7.73. The van der Waals surface area contributed by atoms with Crippen LogP contribution >= 0.6 is 0 Å². The van der Waals surface area contributed by atoms with E-state index >= 15 is 0 Å². The highest BCUT2D eigenvalue weighted by Crippen LogP contribution is 2.35. The molecule has 1 aromatic rings. The monoisotopic (exact) mass is 277 g/mol. The molecular weight excluding hydrogens is 254 g/mol. The Balaban J connectivity index is 2.38. The molecule has 1 atom stereocenters. The van der Waals surface area contributed by atoms with Crippen LogP contribution in [0.25, 0.3) is 0 Å². The van der Waals surface area contributed by atoms with Gasteiger partial charge in [0.05, 0.1) is 17.4 Å². The fourth-order valence-corrected chi connectivity index (χ4v) is 2.42. The topological polar surface area (TPSA) is 58.8 Å². The van der Waals surface area contributed by atoms with Crippen molar-refractivity contribution in [2.45, 2.75) is 32.4 Å². The van der Waals surface area contributed by atoms with Gasteiger partial charge >= 0.3 is 6.09 Å². The van der Waals surface area contributed by atoms with Crippen molar-refractivity contribution in [1.82, 2.24) is 0 Å². The van der Waals surface area contributed by atoms with E-state index in [-0.39, 0.29) is 12.1 Å². The SMILES string of the molecule is CN1CC(CN)N(C(=O)OC(C)(C)C)c2ccccc21. The summed E-state index contributed by atoms with van der Waals surface area (Å²) < 4.78 is 5.51. The Kier molecular flexibility index (Phi) is 3.90. The first-order valence-corrected chi connectivity index (χ1v) is 6.86. The van der Waals surface area contributed by atoms with Crippen LogP contribution in [-0.2, 0) is 4.74 Å². The quantitative estimate of drug-likeness (QED) is 0.855. The standard InChI is InChI=1S/C15H23N3O2/c1-15(2,3)20-14(19)18-11(9-16)10-17(4)12-7-5-6-8-13(12)18/h5-8,11H,9-10,16H2,1-4H3. The Morgan fingerprint density at radius 1 is 1.35 bits per heavy atom. The lowest BCUT2D eigenvalue weighted by Crippen LogP contribution is -2.55. The van der Waals surface area contributed by atoms with Crippen LogP contribution < -0.4 is 15.5 Å². The predicted octanol–water partition coefficient (Wildman–Crippen LogP) is 2.21. The van der Waals surface area contributed by atoms with Crippen LogP contribution in [-0.4, -0.2) is 37.9 Å². The molecule has 1 aliphatic rings. The molecule has 0 aliphatic carbocycles. The first-order chi connectivity index (χ1) is 9.33. The zero-order valence-electron chi connectivity index (χ0n) is 12.6. The number of nitrogens with two attached hydrogens (primary N) is 1. The van der Waals surface area contributed by atoms with Crippen molar-refractivity contribution in [1.29, 1.82) is 0 Å². The summed E-state index contributed by atoms with van der Waals surface area (Å²) in [6.45, 7) is 6.70. The third kappa shape index (κ3) is 2.88. The number of anilines is 2. The summed E-state index contributed by atoms with van der Waals surface area (Å²) >= 11 is 0. The van der Waals surface area contributed by atoms with E-state index in [0.29, 0.717) is 13.1 Å². The molecule has 0 aromatic heterocycles. The van der Waals surface area contributed by atoms with E-state index < -0.39 is 5.60 Å². The molecule has 0 fully saturated rings. The minimum absolute atomic E-state index is 0.0789. The van der Waals surface area contributed by atoms with E-state index in [0.717, 1.165) is 11.4 Å². The molecule has 2 N–H and O–H groups in total. The molecule has 1 aromatic carbocycles. The summed E-state index contributed by atoms with van der Waals surface area (Å²) in [5.41, 5.74) is 7.19. The molecule has 0 bridgehead atoms. The van der Waals surface area contributed by atoms with Crippen molar-refractivity contribution in [2.24, 2.45) is 5.73 Å². The summed E-state index contributed by atoms with van der Waals surface area (Å²) in [5, 5.41) is 0. The van der Waals surface area contributed by atoms with E-state index in [2.05, 4.69) is 4.90 Å². The fourth-order valence-electron chi connectivity index (χ4n) is 2.42. The Bertz CT molecular complexity index is 496. The maximum absolute atomic E-state index is 12.5. The molecule has 20 heavy (non-hydrogen) atoms. The molecule has 1 amide bonds. The number of carbonyl (C=O) groups excluding carboxylic acids is 1. The number of rotatable bonds is 1. The highest BCUT2D eigenvalue weighted by Gasteiger charge is 2.35. The van der Waals surface area contributed by atoms with Crippen molar-refractivity contribution in [3.05, 3.63) is 24.3 Å². The number of likely N-dealkylation sites (N-methyl/N-ethyl adjacent to an activating group) is 1. The van der Waals surface area contributed by atoms with Crippen LogP contribution in [0.2, 0.25) is 0 Å². The minimum atomic E-state index is -0.519. The highest BCUT2D eigenvalue weighted by atomic mass is 16.6. The summed E-state index contributed by atoms with van der Waals surface area (Å²) in [7, 11) is 2.01. The fraction of sp³-hybridized carbons (Fsp3) is 0.533. The average molecular weight is 277 g/mol. The molecule has 0 radical (unpaired) electrons. The normalized spacial score (nSPS) is 18.8. The van der Waals surface area contributed by atoms with Gasteiger partial charge in [-0.25, -0.2) is 4.79 Å². The van der Waals surface area contributed by atoms with E-state index in [1.807, 2.05) is 52.1 Å². The zero-order chi connectivity index (χ0) is 14.9. The third-order valence-corrected chi connectivity index (χ3v) is 3.26. The second kappa shape index (κ2) is 5.32. The van der Waals surface area contributed by atoms with Gasteiger partial charge in [0.1, 0.15) is 5.60 Å². The molecule has 0 saturated carbocycles. The van der Waals surface area contributed by atoms with Crippen molar-refractivity contribution >= 4 is 17.5 Å². The summed E-state index contributed by atoms with van der Waals surface area (Å²) in [6.07, 6.45) is -0.339. The van der Waals surface area contributed by atoms with Gasteiger partial charge in [-0.3, -0.25) is 4.90 Å². The zero-order valence-corrected chi connectivity index (χ0v) is 12.6. The highest BCUT2D eigenvalue weighted by molar-refractivity contribution is 5.94. The second-order valence-electron chi connectivity index (χ2n) is 6.11. The van der Waals surface area contributed by atoms with Crippen molar-refractivity contribution in [3.63, 3.8) is 0 Å². The molecule has 0 saturated heterocycles. The van der Waals surface area contributed by atoms with Gasteiger partial charge in [0.15, 0.2) is 0 Å². The number of hydrogen-bond donors (Lipinski definition) is 1. The van der Waals surface area contributed by atoms with Crippen LogP contribution in [0.15, 0.2) is 24.3 Å². The Labute approximate surface area is 120 Å². The molecule has 0 spiro atoms. The van der Waals surface area contributed by atoms with E-state index in [4.69, 9.17) is 10.5 Å². The van der Waals surface area contributed by atoms with Crippen LogP contribution in [0, 0.1) is 0 Å². The minimum Gasteiger partial charge on any atom is -0.443 e. The van der Waals surface area contributed by atoms with Crippen molar-refractivity contribution in [2.75, 3.05) is 29.9 Å². The lowest BCUT2D eigenvalue weighted by molar-refractivity contribution is 0.0565. The van der Waals surface area contributed by atoms with Gasteiger partial charge in [-0.1, -0.05) is 12.1 Å².